The first-order chi connectivity index (χ1) is 14.4. The first-order valence-electron chi connectivity index (χ1n) is 10.1. The van der Waals surface area contributed by atoms with Gasteiger partial charge in [0.1, 0.15) is 11.3 Å². The van der Waals surface area contributed by atoms with Crippen molar-refractivity contribution in [1.29, 1.82) is 0 Å². The van der Waals surface area contributed by atoms with E-state index in [-0.39, 0.29) is 15.8 Å². The van der Waals surface area contributed by atoms with Crippen molar-refractivity contribution in [3.63, 3.8) is 0 Å². The lowest BCUT2D eigenvalue weighted by atomic mass is 10.0. The zero-order valence-electron chi connectivity index (χ0n) is 16.9. The lowest BCUT2D eigenvalue weighted by molar-refractivity contribution is 0.213. The van der Waals surface area contributed by atoms with Gasteiger partial charge in [-0.1, -0.05) is 29.3 Å². The molecule has 5 nitrogen and oxygen atoms in total. The van der Waals surface area contributed by atoms with Crippen molar-refractivity contribution in [1.82, 2.24) is 19.4 Å². The number of phenols is 1. The maximum atomic E-state index is 9.91. The molecule has 5 rings (SSSR count). The molecule has 4 aromatic rings. The molecule has 1 aliphatic heterocycles. The summed E-state index contributed by atoms with van der Waals surface area (Å²) in [5, 5.41) is 11.4. The number of imidazole rings is 1. The van der Waals surface area contributed by atoms with Gasteiger partial charge in [0.25, 0.3) is 0 Å². The largest absolute Gasteiger partial charge is 0.505 e. The number of likely N-dealkylation sites (N-methyl/N-ethyl adjacent to an activating group) is 1. The van der Waals surface area contributed by atoms with Crippen molar-refractivity contribution in [2.24, 2.45) is 0 Å². The van der Waals surface area contributed by atoms with Crippen LogP contribution in [0, 0.1) is 6.92 Å². The van der Waals surface area contributed by atoms with Crippen molar-refractivity contribution in [2.75, 3.05) is 20.1 Å². The van der Waals surface area contributed by atoms with Crippen LogP contribution in [0.25, 0.3) is 33.1 Å². The number of rotatable bonds is 2. The third kappa shape index (κ3) is 3.22. The van der Waals surface area contributed by atoms with Gasteiger partial charge in [0, 0.05) is 18.0 Å². The zero-order chi connectivity index (χ0) is 21.0. The van der Waals surface area contributed by atoms with Crippen LogP contribution in [-0.2, 0) is 0 Å². The highest BCUT2D eigenvalue weighted by atomic mass is 35.5. The number of halogens is 2. The van der Waals surface area contributed by atoms with Crippen LogP contribution in [0.15, 0.2) is 36.5 Å². The average molecular weight is 441 g/mol. The monoisotopic (exact) mass is 440 g/mol. The molecular formula is C23H22Cl2N4O. The number of hydrogen-bond acceptors (Lipinski definition) is 4. The molecule has 0 aliphatic carbocycles. The molecule has 1 fully saturated rings. The maximum Gasteiger partial charge on any atom is 0.152 e. The predicted molar refractivity (Wildman–Crippen MR) is 123 cm³/mol. The van der Waals surface area contributed by atoms with Gasteiger partial charge in [-0.3, -0.25) is 4.98 Å². The molecule has 2 aromatic heterocycles. The minimum atomic E-state index is -0.0953. The third-order valence-corrected chi connectivity index (χ3v) is 6.58. The van der Waals surface area contributed by atoms with Gasteiger partial charge in [-0.25, -0.2) is 4.98 Å². The molecule has 3 heterocycles. The Morgan fingerprint density at radius 1 is 1.07 bits per heavy atom. The van der Waals surface area contributed by atoms with E-state index in [4.69, 9.17) is 28.2 Å². The minimum Gasteiger partial charge on any atom is -0.505 e. The lowest BCUT2D eigenvalue weighted by Gasteiger charge is -2.31. The van der Waals surface area contributed by atoms with Crippen molar-refractivity contribution in [3.8, 4) is 16.9 Å². The van der Waals surface area contributed by atoms with Gasteiger partial charge < -0.3 is 14.6 Å². The molecular weight excluding hydrogens is 419 g/mol. The normalized spacial score (nSPS) is 17.8. The van der Waals surface area contributed by atoms with Gasteiger partial charge >= 0.3 is 0 Å². The Hall–Kier alpha value is -2.34. The Bertz CT molecular complexity index is 1260. The lowest BCUT2D eigenvalue weighted by Crippen LogP contribution is -2.33. The van der Waals surface area contributed by atoms with Gasteiger partial charge in [0.2, 0.25) is 0 Å². The second kappa shape index (κ2) is 7.41. The highest BCUT2D eigenvalue weighted by molar-refractivity contribution is 6.37. The first-order valence-corrected chi connectivity index (χ1v) is 10.8. The van der Waals surface area contributed by atoms with Crippen LogP contribution in [0.3, 0.4) is 0 Å². The number of nitrogens with zero attached hydrogens (tertiary/aromatic N) is 4. The molecule has 0 spiro atoms. The number of hydrogen-bond donors (Lipinski definition) is 1. The Morgan fingerprint density at radius 3 is 2.57 bits per heavy atom. The molecule has 0 radical (unpaired) electrons. The van der Waals surface area contributed by atoms with Crippen molar-refractivity contribution < 1.29 is 5.11 Å². The van der Waals surface area contributed by atoms with Crippen molar-refractivity contribution >= 4 is 45.1 Å². The van der Waals surface area contributed by atoms with Crippen LogP contribution in [0.5, 0.6) is 5.75 Å². The molecule has 7 heteroatoms. The van der Waals surface area contributed by atoms with E-state index in [1.807, 2.05) is 18.3 Å². The van der Waals surface area contributed by atoms with E-state index < -0.39 is 0 Å². The molecule has 2 aromatic carbocycles. The average Bonchev–Trinajstić information content (AvgIpc) is 3.07. The fourth-order valence-corrected chi connectivity index (χ4v) is 5.09. The topological polar surface area (TPSA) is 54.2 Å². The standard InChI is InChI=1S/C23H22Cl2N4O/c1-13-27-21-11-26-20-6-5-14(15-9-18(24)23(30)19(25)10-15)8-17(20)22(21)29(13)16-4-3-7-28(2)12-16/h5-6,8-11,16,30H,3-4,7,12H2,1-2H3/t16-/m1/s1. The molecule has 0 bridgehead atoms. The Kier molecular flexibility index (Phi) is 4.85. The van der Waals surface area contributed by atoms with Crippen LogP contribution in [0.2, 0.25) is 10.0 Å². The van der Waals surface area contributed by atoms with Gasteiger partial charge in [-0.05, 0) is 68.8 Å². The van der Waals surface area contributed by atoms with E-state index in [2.05, 4.69) is 34.5 Å². The minimum absolute atomic E-state index is 0.0953. The van der Waals surface area contributed by atoms with Gasteiger partial charge in [-0.2, -0.15) is 0 Å². The summed E-state index contributed by atoms with van der Waals surface area (Å²) in [7, 11) is 2.18. The predicted octanol–water partition coefficient (Wildman–Crippen LogP) is 5.84. The summed E-state index contributed by atoms with van der Waals surface area (Å²) in [6, 6.07) is 9.99. The summed E-state index contributed by atoms with van der Waals surface area (Å²) in [6.45, 7) is 4.22. The SMILES string of the molecule is Cc1nc2cnc3ccc(-c4cc(Cl)c(O)c(Cl)c4)cc3c2n1[C@@H]1CCCN(C)C1. The number of piperidine rings is 1. The van der Waals surface area contributed by atoms with E-state index in [0.717, 1.165) is 58.4 Å². The highest BCUT2D eigenvalue weighted by Crippen LogP contribution is 2.38. The van der Waals surface area contributed by atoms with Crippen LogP contribution in [0.1, 0.15) is 24.7 Å². The van der Waals surface area contributed by atoms with Crippen LogP contribution < -0.4 is 0 Å². The van der Waals surface area contributed by atoms with E-state index in [9.17, 15) is 5.11 Å². The smallest absolute Gasteiger partial charge is 0.152 e. The fraction of sp³-hybridized carbons (Fsp3) is 0.304. The number of pyridine rings is 1. The Morgan fingerprint density at radius 2 is 1.83 bits per heavy atom. The number of aryl methyl sites for hydroxylation is 1. The summed E-state index contributed by atoms with van der Waals surface area (Å²) >= 11 is 12.3. The number of fused-ring (bicyclic) bond motifs is 3. The van der Waals surface area contributed by atoms with Crippen molar-refractivity contribution in [2.45, 2.75) is 25.8 Å². The first kappa shape index (κ1) is 19.6. The van der Waals surface area contributed by atoms with E-state index in [0.29, 0.717) is 6.04 Å². The zero-order valence-corrected chi connectivity index (χ0v) is 18.4. The van der Waals surface area contributed by atoms with Crippen LogP contribution in [0.4, 0.5) is 0 Å². The number of likely N-dealkylation sites (tertiary alicyclic amines) is 1. The molecule has 154 valence electrons. The van der Waals surface area contributed by atoms with E-state index in [1.54, 1.807) is 12.1 Å². The second-order valence-corrected chi connectivity index (χ2v) is 8.91. The molecule has 30 heavy (non-hydrogen) atoms. The summed E-state index contributed by atoms with van der Waals surface area (Å²) < 4.78 is 2.38. The summed E-state index contributed by atoms with van der Waals surface area (Å²) in [6.07, 6.45) is 4.18. The quantitative estimate of drug-likeness (QED) is 0.425. The Balaban J connectivity index is 1.74. The number of benzene rings is 2. The van der Waals surface area contributed by atoms with Crippen LogP contribution >= 0.6 is 23.2 Å². The molecule has 1 saturated heterocycles. The third-order valence-electron chi connectivity index (χ3n) is 6.01. The number of phenolic OH excluding ortho intramolecular Hbond substituents is 1. The molecule has 1 atom stereocenters. The van der Waals surface area contributed by atoms with Crippen LogP contribution in [-0.4, -0.2) is 44.7 Å². The number of aromatic nitrogens is 3. The Labute approximate surface area is 184 Å². The van der Waals surface area contributed by atoms with E-state index in [1.165, 1.54) is 6.42 Å². The highest BCUT2D eigenvalue weighted by Gasteiger charge is 2.23. The van der Waals surface area contributed by atoms with Gasteiger partial charge in [0.05, 0.1) is 27.3 Å². The molecule has 1 aliphatic rings. The van der Waals surface area contributed by atoms with Crippen molar-refractivity contribution in [3.05, 3.63) is 52.4 Å². The summed E-state index contributed by atoms with van der Waals surface area (Å²) in [4.78, 5) is 11.8. The molecule has 1 N–H and O–H groups in total. The van der Waals surface area contributed by atoms with Gasteiger partial charge in [0.15, 0.2) is 5.75 Å². The van der Waals surface area contributed by atoms with Gasteiger partial charge in [-0.15, -0.1) is 0 Å². The fourth-order valence-electron chi connectivity index (χ4n) is 4.60. The summed E-state index contributed by atoms with van der Waals surface area (Å²) in [5.41, 5.74) is 4.77. The number of aromatic hydroxyl groups is 1. The van der Waals surface area contributed by atoms with E-state index >= 15 is 0 Å². The second-order valence-electron chi connectivity index (χ2n) is 8.10. The summed E-state index contributed by atoms with van der Waals surface area (Å²) in [5.74, 6) is 0.919. The molecule has 0 saturated carbocycles. The molecule has 0 amide bonds. The maximum absolute atomic E-state index is 9.91. The molecule has 0 unspecified atom stereocenters.